The summed E-state index contributed by atoms with van der Waals surface area (Å²) in [5.41, 5.74) is 5.01. The largest absolute Gasteiger partial charge is 0.351 e. The number of nitrogens with zero attached hydrogens (tertiary/aromatic N) is 2. The first-order valence-corrected chi connectivity index (χ1v) is 9.51. The lowest BCUT2D eigenvalue weighted by Crippen LogP contribution is -2.32. The highest BCUT2D eigenvalue weighted by atomic mass is 16.1. The van der Waals surface area contributed by atoms with Gasteiger partial charge in [-0.3, -0.25) is 9.48 Å². The number of aromatic nitrogens is 2. The number of carbonyl (C=O) groups is 1. The Morgan fingerprint density at radius 3 is 2.30 bits per heavy atom. The molecule has 2 aromatic carbocycles. The molecule has 138 valence electrons. The molecule has 3 aromatic rings. The highest BCUT2D eigenvalue weighted by Crippen LogP contribution is 2.47. The van der Waals surface area contributed by atoms with Crippen molar-refractivity contribution in [1.29, 1.82) is 0 Å². The molecule has 1 N–H and O–H groups in total. The van der Waals surface area contributed by atoms with Crippen molar-refractivity contribution in [3.8, 4) is 0 Å². The Balaban J connectivity index is 1.48. The zero-order valence-corrected chi connectivity index (χ0v) is 15.9. The maximum Gasteiger partial charge on any atom is 0.255 e. The maximum absolute atomic E-state index is 12.9. The minimum absolute atomic E-state index is 0.0217. The van der Waals surface area contributed by atoms with Crippen LogP contribution in [0.15, 0.2) is 60.7 Å². The molecule has 4 rings (SSSR count). The summed E-state index contributed by atoms with van der Waals surface area (Å²) in [4.78, 5) is 12.9. The third-order valence-corrected chi connectivity index (χ3v) is 5.61. The van der Waals surface area contributed by atoms with Crippen molar-refractivity contribution in [2.24, 2.45) is 0 Å². The normalized spacial score (nSPS) is 14.7. The van der Waals surface area contributed by atoms with Gasteiger partial charge in [0, 0.05) is 17.7 Å². The van der Waals surface area contributed by atoms with Gasteiger partial charge >= 0.3 is 0 Å². The second kappa shape index (κ2) is 7.03. The van der Waals surface area contributed by atoms with Crippen LogP contribution >= 0.6 is 0 Å². The van der Waals surface area contributed by atoms with Crippen LogP contribution in [0, 0.1) is 13.8 Å². The van der Waals surface area contributed by atoms with E-state index in [4.69, 9.17) is 0 Å². The van der Waals surface area contributed by atoms with Gasteiger partial charge in [-0.15, -0.1) is 0 Å². The third-order valence-electron chi connectivity index (χ3n) is 5.61. The first kappa shape index (κ1) is 17.5. The van der Waals surface area contributed by atoms with Crippen LogP contribution in [0.25, 0.3) is 0 Å². The summed E-state index contributed by atoms with van der Waals surface area (Å²) in [6, 6.07) is 20.7. The average Bonchev–Trinajstić information content (AvgIpc) is 3.43. The number of aryl methyl sites for hydroxylation is 1. The van der Waals surface area contributed by atoms with E-state index in [1.54, 1.807) is 0 Å². The highest BCUT2D eigenvalue weighted by molar-refractivity contribution is 5.96. The third kappa shape index (κ3) is 3.52. The molecule has 0 radical (unpaired) electrons. The molecule has 0 saturated heterocycles. The van der Waals surface area contributed by atoms with Crippen LogP contribution < -0.4 is 5.32 Å². The molecule has 1 heterocycles. The zero-order chi connectivity index (χ0) is 18.9. The number of hydrogen-bond donors (Lipinski definition) is 1. The maximum atomic E-state index is 12.9. The lowest BCUT2D eigenvalue weighted by molar-refractivity contribution is 0.0948. The number of hydrogen-bond acceptors (Lipinski definition) is 2. The highest BCUT2D eigenvalue weighted by Gasteiger charge is 2.44. The van der Waals surface area contributed by atoms with E-state index in [0.29, 0.717) is 18.7 Å². The minimum Gasteiger partial charge on any atom is -0.351 e. The van der Waals surface area contributed by atoms with Crippen LogP contribution in [0.2, 0.25) is 0 Å². The second-order valence-electron chi connectivity index (χ2n) is 7.52. The Morgan fingerprint density at radius 1 is 1.04 bits per heavy atom. The summed E-state index contributed by atoms with van der Waals surface area (Å²) in [5, 5.41) is 7.77. The van der Waals surface area contributed by atoms with Crippen molar-refractivity contribution in [3.05, 3.63) is 88.7 Å². The molecule has 0 unspecified atom stereocenters. The molecule has 1 aliphatic carbocycles. The molecule has 1 aliphatic rings. The molecule has 1 aromatic heterocycles. The lowest BCUT2D eigenvalue weighted by Gasteiger charge is -2.16. The predicted molar refractivity (Wildman–Crippen MR) is 107 cm³/mol. The molecule has 0 spiro atoms. The Kier molecular flexibility index (Phi) is 4.56. The van der Waals surface area contributed by atoms with Crippen molar-refractivity contribution >= 4 is 5.91 Å². The molecular weight excluding hydrogens is 334 g/mol. The summed E-state index contributed by atoms with van der Waals surface area (Å²) in [6.07, 6.45) is 2.26. The Bertz CT molecular complexity index is 941. The smallest absolute Gasteiger partial charge is 0.255 e. The molecule has 4 heteroatoms. The van der Waals surface area contributed by atoms with Crippen LogP contribution in [-0.2, 0) is 12.0 Å². The molecule has 4 nitrogen and oxygen atoms in total. The van der Waals surface area contributed by atoms with Gasteiger partial charge in [0.2, 0.25) is 0 Å². The van der Waals surface area contributed by atoms with Gasteiger partial charge in [0.1, 0.15) is 0 Å². The fourth-order valence-corrected chi connectivity index (χ4v) is 3.78. The van der Waals surface area contributed by atoms with Crippen LogP contribution in [0.4, 0.5) is 0 Å². The van der Waals surface area contributed by atoms with Crippen molar-refractivity contribution in [2.75, 3.05) is 6.54 Å². The van der Waals surface area contributed by atoms with Gasteiger partial charge in [-0.1, -0.05) is 60.7 Å². The van der Waals surface area contributed by atoms with E-state index in [1.807, 2.05) is 42.8 Å². The van der Waals surface area contributed by atoms with Crippen molar-refractivity contribution < 1.29 is 4.79 Å². The monoisotopic (exact) mass is 359 g/mol. The minimum atomic E-state index is -0.0217. The van der Waals surface area contributed by atoms with Crippen molar-refractivity contribution in [3.63, 3.8) is 0 Å². The van der Waals surface area contributed by atoms with E-state index >= 15 is 0 Å². The Labute approximate surface area is 160 Å². The van der Waals surface area contributed by atoms with E-state index in [9.17, 15) is 4.79 Å². The number of carbonyl (C=O) groups excluding carboxylic acids is 1. The van der Waals surface area contributed by atoms with Crippen LogP contribution in [0.1, 0.15) is 45.7 Å². The fraction of sp³-hybridized carbons (Fsp3) is 0.304. The number of rotatable bonds is 6. The van der Waals surface area contributed by atoms with Gasteiger partial charge in [0.05, 0.1) is 17.8 Å². The van der Waals surface area contributed by atoms with E-state index in [-0.39, 0.29) is 11.3 Å². The van der Waals surface area contributed by atoms with Crippen molar-refractivity contribution in [2.45, 2.75) is 38.6 Å². The summed E-state index contributed by atoms with van der Waals surface area (Å²) >= 11 is 0. The molecule has 27 heavy (non-hydrogen) atoms. The first-order valence-electron chi connectivity index (χ1n) is 9.51. The summed E-state index contributed by atoms with van der Waals surface area (Å²) in [5.74, 6) is -0.0217. The Morgan fingerprint density at radius 2 is 1.67 bits per heavy atom. The molecule has 0 bridgehead atoms. The topological polar surface area (TPSA) is 46.9 Å². The quantitative estimate of drug-likeness (QED) is 0.723. The second-order valence-corrected chi connectivity index (χ2v) is 7.52. The fourth-order valence-electron chi connectivity index (χ4n) is 3.78. The van der Waals surface area contributed by atoms with Crippen molar-refractivity contribution in [1.82, 2.24) is 15.1 Å². The molecule has 1 amide bonds. The van der Waals surface area contributed by atoms with Gasteiger partial charge in [0.15, 0.2) is 0 Å². The van der Waals surface area contributed by atoms with Crippen LogP contribution in [0.5, 0.6) is 0 Å². The molecule has 0 atom stereocenters. The molecular formula is C23H25N3O. The van der Waals surface area contributed by atoms with Gasteiger partial charge in [-0.05, 0) is 37.8 Å². The molecule has 0 aliphatic heterocycles. The first-order chi connectivity index (χ1) is 13.1. The standard InChI is InChI=1S/C23H25N3O/c1-17-21(18(2)26(25-17)15-19-9-5-3-6-10-19)22(27)24-16-23(13-14-23)20-11-7-4-8-12-20/h3-12H,13-16H2,1-2H3,(H,24,27). The predicted octanol–water partition coefficient (Wildman–Crippen LogP) is 4.01. The van der Waals surface area contributed by atoms with E-state index in [0.717, 1.165) is 24.2 Å². The number of benzene rings is 2. The van der Waals surface area contributed by atoms with Gasteiger partial charge in [0.25, 0.3) is 5.91 Å². The average molecular weight is 359 g/mol. The molecule has 1 saturated carbocycles. The summed E-state index contributed by atoms with van der Waals surface area (Å²) in [7, 11) is 0. The Hall–Kier alpha value is -2.88. The van der Waals surface area contributed by atoms with Gasteiger partial charge in [-0.25, -0.2) is 0 Å². The van der Waals surface area contributed by atoms with E-state index < -0.39 is 0 Å². The molecule has 1 fully saturated rings. The number of amides is 1. The van der Waals surface area contributed by atoms with E-state index in [2.05, 4.69) is 46.8 Å². The van der Waals surface area contributed by atoms with Gasteiger partial charge in [-0.2, -0.15) is 5.10 Å². The SMILES string of the molecule is Cc1nn(Cc2ccccc2)c(C)c1C(=O)NCC1(c2ccccc2)CC1. The van der Waals surface area contributed by atoms with Crippen LogP contribution in [0.3, 0.4) is 0 Å². The summed E-state index contributed by atoms with van der Waals surface area (Å²) in [6.45, 7) is 5.24. The number of nitrogens with one attached hydrogen (secondary N) is 1. The van der Waals surface area contributed by atoms with E-state index in [1.165, 1.54) is 11.1 Å². The van der Waals surface area contributed by atoms with Gasteiger partial charge < -0.3 is 5.32 Å². The zero-order valence-electron chi connectivity index (χ0n) is 15.9. The lowest BCUT2D eigenvalue weighted by atomic mass is 9.96. The van der Waals surface area contributed by atoms with Crippen LogP contribution in [-0.4, -0.2) is 22.2 Å². The summed E-state index contributed by atoms with van der Waals surface area (Å²) < 4.78 is 1.92.